The van der Waals surface area contributed by atoms with Crippen LogP contribution < -0.4 is 16.0 Å². The summed E-state index contributed by atoms with van der Waals surface area (Å²) in [6, 6.07) is 8.84. The number of alkyl halides is 3. The van der Waals surface area contributed by atoms with Crippen LogP contribution in [0.25, 0.3) is 16.9 Å². The Morgan fingerprint density at radius 2 is 1.60 bits per heavy atom. The molecule has 0 saturated heterocycles. The van der Waals surface area contributed by atoms with Gasteiger partial charge in [-0.15, -0.1) is 0 Å². The number of benzene rings is 2. The third kappa shape index (κ3) is 8.13. The van der Waals surface area contributed by atoms with E-state index >= 15 is 0 Å². The normalized spacial score (nSPS) is 11.5. The number of carbonyl (C=O) groups excluding carboxylic acids is 2. The molecule has 0 aliphatic rings. The first-order chi connectivity index (χ1) is 20.2. The standard InChI is InChI=1S/C26H25ClF3N7O5/c1-40-8-9-41-10-11-42-13-21(38)36-23-22-24(32-14-31-23)37(15-33-22)18-5-2-16(3-6-18)34-25(39)35-17-4-7-20(27)19(12-17)26(28,29)30/h2-7,12,14-15H,8-11,13H2,1H3,(H2,34,35,39)(H,31,32,36,38). The van der Waals surface area contributed by atoms with Crippen molar-refractivity contribution in [2.24, 2.45) is 0 Å². The molecule has 0 unspecified atom stereocenters. The molecule has 16 heteroatoms. The van der Waals surface area contributed by atoms with Crippen molar-refractivity contribution in [2.75, 3.05) is 56.1 Å². The highest BCUT2D eigenvalue weighted by molar-refractivity contribution is 6.31. The number of amides is 3. The number of nitrogens with one attached hydrogen (secondary N) is 3. The van der Waals surface area contributed by atoms with Crippen molar-refractivity contribution in [3.8, 4) is 5.69 Å². The van der Waals surface area contributed by atoms with Crippen LogP contribution in [0.3, 0.4) is 0 Å². The molecule has 12 nitrogen and oxygen atoms in total. The molecule has 222 valence electrons. The van der Waals surface area contributed by atoms with Crippen molar-refractivity contribution in [3.05, 3.63) is 65.7 Å². The first kappa shape index (κ1) is 30.6. The molecule has 3 N–H and O–H groups in total. The van der Waals surface area contributed by atoms with E-state index in [-0.39, 0.29) is 24.7 Å². The summed E-state index contributed by atoms with van der Waals surface area (Å²) >= 11 is 5.62. The SMILES string of the molecule is COCCOCCOCC(=O)Nc1ncnc2c1ncn2-c1ccc(NC(=O)Nc2ccc(Cl)c(C(F)(F)F)c2)cc1. The fraction of sp³-hybridized carbons (Fsp3) is 0.269. The predicted molar refractivity (Wildman–Crippen MR) is 148 cm³/mol. The quantitative estimate of drug-likeness (QED) is 0.196. The average Bonchev–Trinajstić information content (AvgIpc) is 3.39. The molecule has 2 aromatic carbocycles. The Hall–Kier alpha value is -4.31. The zero-order chi connectivity index (χ0) is 30.1. The lowest BCUT2D eigenvalue weighted by molar-refractivity contribution is -0.137. The lowest BCUT2D eigenvalue weighted by Gasteiger charge is -2.12. The van der Waals surface area contributed by atoms with E-state index in [0.29, 0.717) is 42.4 Å². The van der Waals surface area contributed by atoms with Crippen molar-refractivity contribution in [1.82, 2.24) is 19.5 Å². The zero-order valence-electron chi connectivity index (χ0n) is 22.1. The number of nitrogens with zero attached hydrogens (tertiary/aromatic N) is 4. The first-order valence-corrected chi connectivity index (χ1v) is 12.7. The lowest BCUT2D eigenvalue weighted by Crippen LogP contribution is -2.21. The second-order valence-corrected chi connectivity index (χ2v) is 8.94. The summed E-state index contributed by atoms with van der Waals surface area (Å²) in [6.45, 7) is 1.25. The van der Waals surface area contributed by atoms with Crippen molar-refractivity contribution in [3.63, 3.8) is 0 Å². The van der Waals surface area contributed by atoms with E-state index in [1.54, 1.807) is 35.9 Å². The van der Waals surface area contributed by atoms with Crippen LogP contribution in [0.1, 0.15) is 5.56 Å². The largest absolute Gasteiger partial charge is 0.417 e. The fourth-order valence-corrected chi connectivity index (χ4v) is 3.85. The Balaban J connectivity index is 1.35. The Bertz CT molecular complexity index is 1530. The van der Waals surface area contributed by atoms with E-state index < -0.39 is 28.7 Å². The molecule has 0 fully saturated rings. The van der Waals surface area contributed by atoms with Gasteiger partial charge in [0.1, 0.15) is 19.3 Å². The number of halogens is 4. The number of aromatic nitrogens is 4. The minimum Gasteiger partial charge on any atom is -0.382 e. The molecule has 0 atom stereocenters. The second kappa shape index (κ2) is 14.0. The van der Waals surface area contributed by atoms with E-state index in [4.69, 9.17) is 25.8 Å². The number of anilines is 3. The smallest absolute Gasteiger partial charge is 0.382 e. The number of ether oxygens (including phenoxy) is 3. The summed E-state index contributed by atoms with van der Waals surface area (Å²) < 4.78 is 56.3. The summed E-state index contributed by atoms with van der Waals surface area (Å²) in [5.74, 6) is -0.224. The van der Waals surface area contributed by atoms with Gasteiger partial charge in [-0.3, -0.25) is 9.36 Å². The van der Waals surface area contributed by atoms with Gasteiger partial charge >= 0.3 is 12.2 Å². The van der Waals surface area contributed by atoms with Crippen LogP contribution in [0.15, 0.2) is 55.1 Å². The maximum atomic E-state index is 13.1. The number of hydrogen-bond acceptors (Lipinski definition) is 8. The maximum absolute atomic E-state index is 13.1. The van der Waals surface area contributed by atoms with E-state index in [0.717, 1.165) is 12.1 Å². The van der Waals surface area contributed by atoms with Crippen molar-refractivity contribution in [2.45, 2.75) is 6.18 Å². The van der Waals surface area contributed by atoms with Gasteiger partial charge in [0.2, 0.25) is 0 Å². The molecule has 4 aromatic rings. The lowest BCUT2D eigenvalue weighted by atomic mass is 10.2. The molecule has 4 rings (SSSR count). The third-order valence-electron chi connectivity index (χ3n) is 5.56. The van der Waals surface area contributed by atoms with Crippen LogP contribution >= 0.6 is 11.6 Å². The summed E-state index contributed by atoms with van der Waals surface area (Å²) in [5, 5.41) is 7.08. The summed E-state index contributed by atoms with van der Waals surface area (Å²) in [7, 11) is 1.57. The number of carbonyl (C=O) groups is 2. The second-order valence-electron chi connectivity index (χ2n) is 8.53. The Morgan fingerprint density at radius 3 is 2.33 bits per heavy atom. The van der Waals surface area contributed by atoms with Gasteiger partial charge in [0.05, 0.1) is 37.0 Å². The molecule has 42 heavy (non-hydrogen) atoms. The highest BCUT2D eigenvalue weighted by Gasteiger charge is 2.33. The van der Waals surface area contributed by atoms with E-state index in [1.165, 1.54) is 18.7 Å². The average molecular weight is 608 g/mol. The van der Waals surface area contributed by atoms with Crippen LogP contribution in [-0.4, -0.2) is 71.6 Å². The van der Waals surface area contributed by atoms with Crippen molar-refractivity contribution < 1.29 is 37.0 Å². The van der Waals surface area contributed by atoms with Crippen LogP contribution in [0, 0.1) is 0 Å². The number of urea groups is 1. The van der Waals surface area contributed by atoms with Gasteiger partial charge in [-0.05, 0) is 42.5 Å². The molecule has 0 saturated carbocycles. The molecule has 0 bridgehead atoms. The van der Waals surface area contributed by atoms with Crippen molar-refractivity contribution in [1.29, 1.82) is 0 Å². The predicted octanol–water partition coefficient (Wildman–Crippen LogP) is 4.75. The van der Waals surface area contributed by atoms with Gasteiger partial charge < -0.3 is 30.2 Å². The van der Waals surface area contributed by atoms with Gasteiger partial charge in [0.15, 0.2) is 17.0 Å². The molecule has 0 radical (unpaired) electrons. The van der Waals surface area contributed by atoms with Gasteiger partial charge in [0, 0.05) is 24.2 Å². The van der Waals surface area contributed by atoms with E-state index in [9.17, 15) is 22.8 Å². The number of methoxy groups -OCH3 is 1. The molecular weight excluding hydrogens is 583 g/mol. The summed E-state index contributed by atoms with van der Waals surface area (Å²) in [4.78, 5) is 37.3. The molecule has 0 spiro atoms. The number of rotatable bonds is 12. The summed E-state index contributed by atoms with van der Waals surface area (Å²) in [5.41, 5.74) is 0.622. The van der Waals surface area contributed by atoms with E-state index in [2.05, 4.69) is 30.9 Å². The van der Waals surface area contributed by atoms with Gasteiger partial charge in [0.25, 0.3) is 5.91 Å². The molecular formula is C26H25ClF3N7O5. The molecule has 3 amide bonds. The topological polar surface area (TPSA) is 142 Å². The maximum Gasteiger partial charge on any atom is 0.417 e. The van der Waals surface area contributed by atoms with Crippen LogP contribution in [0.4, 0.5) is 35.2 Å². The molecule has 2 aromatic heterocycles. The molecule has 0 aliphatic heterocycles. The number of imidazole rings is 1. The van der Waals surface area contributed by atoms with Gasteiger partial charge in [-0.25, -0.2) is 19.7 Å². The highest BCUT2D eigenvalue weighted by Crippen LogP contribution is 2.36. The van der Waals surface area contributed by atoms with Crippen LogP contribution in [0.2, 0.25) is 5.02 Å². The fourth-order valence-electron chi connectivity index (χ4n) is 3.63. The van der Waals surface area contributed by atoms with Crippen LogP contribution in [0.5, 0.6) is 0 Å². The minimum atomic E-state index is -4.66. The first-order valence-electron chi connectivity index (χ1n) is 12.3. The molecule has 2 heterocycles. The number of fused-ring (bicyclic) bond motifs is 1. The zero-order valence-corrected chi connectivity index (χ0v) is 22.8. The van der Waals surface area contributed by atoms with Gasteiger partial charge in [-0.1, -0.05) is 11.6 Å². The monoisotopic (exact) mass is 607 g/mol. The third-order valence-corrected chi connectivity index (χ3v) is 5.89. The summed E-state index contributed by atoms with van der Waals surface area (Å²) in [6.07, 6.45) is -1.89. The van der Waals surface area contributed by atoms with Crippen molar-refractivity contribution >= 4 is 51.9 Å². The highest BCUT2D eigenvalue weighted by atomic mass is 35.5. The van der Waals surface area contributed by atoms with Gasteiger partial charge in [-0.2, -0.15) is 13.2 Å². The Labute approximate surface area is 242 Å². The van der Waals surface area contributed by atoms with E-state index in [1.807, 2.05) is 0 Å². The number of hydrogen-bond donors (Lipinski definition) is 3. The Kier molecular flexibility index (Phi) is 10.2. The van der Waals surface area contributed by atoms with Crippen LogP contribution in [-0.2, 0) is 25.2 Å². The molecule has 0 aliphatic carbocycles. The Morgan fingerprint density at radius 1 is 0.905 bits per heavy atom. The minimum absolute atomic E-state index is 0.0770.